The highest BCUT2D eigenvalue weighted by atomic mass is 32.1. The van der Waals surface area contributed by atoms with Crippen LogP contribution in [0.25, 0.3) is 0 Å². The Morgan fingerprint density at radius 1 is 1.43 bits per heavy atom. The number of fused-ring (bicyclic) bond motifs is 2. The number of nitriles is 1. The van der Waals surface area contributed by atoms with Crippen LogP contribution in [0, 0.1) is 17.2 Å². The van der Waals surface area contributed by atoms with Gasteiger partial charge in [-0.1, -0.05) is 13.8 Å². The first-order valence-electron chi connectivity index (χ1n) is 9.98. The molecule has 2 amide bonds. The Bertz CT molecular complexity index is 1060. The van der Waals surface area contributed by atoms with Crippen molar-refractivity contribution in [2.75, 3.05) is 22.5 Å². The molecule has 0 saturated heterocycles. The van der Waals surface area contributed by atoms with Gasteiger partial charge < -0.3 is 15.8 Å². The maximum absolute atomic E-state index is 13.0. The number of thiophene rings is 1. The Balaban J connectivity index is 1.60. The average Bonchev–Trinajstić information content (AvgIpc) is 3.06. The maximum atomic E-state index is 13.0. The number of hydrogen-bond acceptors (Lipinski definition) is 7. The van der Waals surface area contributed by atoms with Crippen LogP contribution in [0.4, 0.5) is 16.6 Å². The molecule has 2 aromatic heterocycles. The van der Waals surface area contributed by atoms with Crippen LogP contribution in [0.3, 0.4) is 0 Å². The number of hydrogen-bond donors (Lipinski definition) is 2. The number of nitrogen functional groups attached to an aromatic ring is 1. The monoisotopic (exact) mass is 425 g/mol. The van der Waals surface area contributed by atoms with Crippen molar-refractivity contribution in [3.8, 4) is 11.8 Å². The summed E-state index contributed by atoms with van der Waals surface area (Å²) in [5.41, 5.74) is 7.38. The van der Waals surface area contributed by atoms with E-state index in [9.17, 15) is 14.9 Å². The molecule has 1 aliphatic heterocycles. The van der Waals surface area contributed by atoms with Crippen molar-refractivity contribution in [3.63, 3.8) is 0 Å². The summed E-state index contributed by atoms with van der Waals surface area (Å²) in [4.78, 5) is 32.6. The minimum atomic E-state index is -0.709. The van der Waals surface area contributed by atoms with Crippen LogP contribution in [0.2, 0.25) is 0 Å². The number of pyridine rings is 1. The Hall–Kier alpha value is -3.12. The molecule has 9 heteroatoms. The number of amides is 2. The summed E-state index contributed by atoms with van der Waals surface area (Å²) < 4.78 is 5.80. The second-order valence-corrected chi connectivity index (χ2v) is 8.94. The number of ether oxygens (including phenoxy) is 1. The summed E-state index contributed by atoms with van der Waals surface area (Å²) in [6.07, 6.45) is 3.22. The van der Waals surface area contributed by atoms with E-state index in [1.807, 2.05) is 13.8 Å². The largest absolute Gasteiger partial charge is 0.476 e. The summed E-state index contributed by atoms with van der Waals surface area (Å²) in [6, 6.07) is 5.49. The molecule has 3 heterocycles. The SMILES string of the molecule is CC(C)C1Oc2ccc(N)nc2N(CC(=O)Nc2sc3c(c2C#N)CCCC3)C1=O. The van der Waals surface area contributed by atoms with Gasteiger partial charge in [-0.3, -0.25) is 14.5 Å². The molecule has 1 unspecified atom stereocenters. The van der Waals surface area contributed by atoms with E-state index in [1.165, 1.54) is 16.2 Å². The fourth-order valence-electron chi connectivity index (χ4n) is 3.84. The van der Waals surface area contributed by atoms with Crippen molar-refractivity contribution in [2.24, 2.45) is 5.92 Å². The predicted molar refractivity (Wildman–Crippen MR) is 115 cm³/mol. The highest BCUT2D eigenvalue weighted by Crippen LogP contribution is 2.38. The molecular formula is C21H23N5O3S. The van der Waals surface area contributed by atoms with Gasteiger partial charge in [-0.15, -0.1) is 11.3 Å². The van der Waals surface area contributed by atoms with Crippen molar-refractivity contribution >= 4 is 39.8 Å². The third-order valence-corrected chi connectivity index (χ3v) is 6.53. The lowest BCUT2D eigenvalue weighted by Crippen LogP contribution is -2.51. The summed E-state index contributed by atoms with van der Waals surface area (Å²) in [7, 11) is 0. The Morgan fingerprint density at radius 3 is 2.93 bits per heavy atom. The Kier molecular flexibility index (Phi) is 5.35. The highest BCUT2D eigenvalue weighted by molar-refractivity contribution is 7.16. The normalized spacial score (nSPS) is 17.7. The first kappa shape index (κ1) is 20.2. The van der Waals surface area contributed by atoms with E-state index in [-0.39, 0.29) is 30.0 Å². The molecule has 1 aliphatic carbocycles. The summed E-state index contributed by atoms with van der Waals surface area (Å²) in [5.74, 6) is 0.0756. The number of nitrogens with zero attached hydrogens (tertiary/aromatic N) is 3. The van der Waals surface area contributed by atoms with Crippen LogP contribution in [-0.4, -0.2) is 29.4 Å². The number of aromatic nitrogens is 1. The third-order valence-electron chi connectivity index (χ3n) is 5.32. The van der Waals surface area contributed by atoms with E-state index in [4.69, 9.17) is 10.5 Å². The number of carbonyl (C=O) groups excluding carboxylic acids is 2. The molecular weight excluding hydrogens is 402 g/mol. The molecule has 1 atom stereocenters. The quantitative estimate of drug-likeness (QED) is 0.777. The van der Waals surface area contributed by atoms with E-state index in [1.54, 1.807) is 12.1 Å². The van der Waals surface area contributed by atoms with E-state index >= 15 is 0 Å². The molecule has 0 aromatic carbocycles. The molecule has 4 rings (SSSR count). The smallest absolute Gasteiger partial charge is 0.270 e. The van der Waals surface area contributed by atoms with Gasteiger partial charge in [0.1, 0.15) is 23.4 Å². The molecule has 0 radical (unpaired) electrons. The van der Waals surface area contributed by atoms with Gasteiger partial charge in [0.25, 0.3) is 5.91 Å². The van der Waals surface area contributed by atoms with Crippen molar-refractivity contribution < 1.29 is 14.3 Å². The molecule has 3 N–H and O–H groups in total. The summed E-state index contributed by atoms with van der Waals surface area (Å²) in [5, 5.41) is 13.0. The van der Waals surface area contributed by atoms with Crippen LogP contribution in [0.1, 0.15) is 42.7 Å². The maximum Gasteiger partial charge on any atom is 0.270 e. The molecule has 0 bridgehead atoms. The molecule has 0 spiro atoms. The van der Waals surface area contributed by atoms with E-state index < -0.39 is 12.0 Å². The van der Waals surface area contributed by atoms with Crippen molar-refractivity contribution in [3.05, 3.63) is 28.1 Å². The summed E-state index contributed by atoms with van der Waals surface area (Å²) in [6.45, 7) is 3.53. The van der Waals surface area contributed by atoms with Crippen molar-refractivity contribution in [2.45, 2.75) is 45.6 Å². The fraction of sp³-hybridized carbons (Fsp3) is 0.429. The molecule has 0 saturated carbocycles. The first-order chi connectivity index (χ1) is 14.4. The van der Waals surface area contributed by atoms with Crippen LogP contribution >= 0.6 is 11.3 Å². The van der Waals surface area contributed by atoms with Crippen molar-refractivity contribution in [1.29, 1.82) is 5.26 Å². The number of nitrogens with one attached hydrogen (secondary N) is 1. The second-order valence-electron chi connectivity index (χ2n) is 7.84. The Morgan fingerprint density at radius 2 is 2.20 bits per heavy atom. The van der Waals surface area contributed by atoms with Gasteiger partial charge in [0, 0.05) is 4.88 Å². The topological polar surface area (TPSA) is 121 Å². The first-order valence-corrected chi connectivity index (χ1v) is 10.8. The summed E-state index contributed by atoms with van der Waals surface area (Å²) >= 11 is 1.45. The van der Waals surface area contributed by atoms with Gasteiger partial charge in [-0.25, -0.2) is 4.98 Å². The second kappa shape index (κ2) is 7.95. The molecule has 0 fully saturated rings. The van der Waals surface area contributed by atoms with Gasteiger partial charge in [-0.2, -0.15) is 5.26 Å². The molecule has 156 valence electrons. The van der Waals surface area contributed by atoms with Gasteiger partial charge in [-0.05, 0) is 49.3 Å². The average molecular weight is 426 g/mol. The van der Waals surface area contributed by atoms with E-state index in [0.29, 0.717) is 16.3 Å². The number of carbonyl (C=O) groups is 2. The number of anilines is 3. The molecule has 2 aliphatic rings. The zero-order valence-electron chi connectivity index (χ0n) is 16.9. The van der Waals surface area contributed by atoms with E-state index in [2.05, 4.69) is 16.4 Å². The molecule has 8 nitrogen and oxygen atoms in total. The molecule has 30 heavy (non-hydrogen) atoms. The number of aryl methyl sites for hydroxylation is 1. The van der Waals surface area contributed by atoms with Gasteiger partial charge >= 0.3 is 0 Å². The minimum absolute atomic E-state index is 0.0806. The van der Waals surface area contributed by atoms with Gasteiger partial charge in [0.15, 0.2) is 17.7 Å². The fourth-order valence-corrected chi connectivity index (χ4v) is 5.09. The zero-order valence-corrected chi connectivity index (χ0v) is 17.7. The van der Waals surface area contributed by atoms with Crippen LogP contribution < -0.4 is 20.7 Å². The minimum Gasteiger partial charge on any atom is -0.476 e. The number of rotatable bonds is 4. The molecule has 2 aromatic rings. The highest BCUT2D eigenvalue weighted by Gasteiger charge is 2.38. The van der Waals surface area contributed by atoms with Crippen molar-refractivity contribution in [1.82, 2.24) is 4.98 Å². The predicted octanol–water partition coefficient (Wildman–Crippen LogP) is 2.86. The van der Waals surface area contributed by atoms with Crippen LogP contribution in [0.5, 0.6) is 5.75 Å². The zero-order chi connectivity index (χ0) is 21.4. The Labute approximate surface area is 178 Å². The van der Waals surface area contributed by atoms with Crippen LogP contribution in [0.15, 0.2) is 12.1 Å². The lowest BCUT2D eigenvalue weighted by molar-refractivity contribution is -0.129. The van der Waals surface area contributed by atoms with Gasteiger partial charge in [0.05, 0.1) is 5.56 Å². The third kappa shape index (κ3) is 3.59. The van der Waals surface area contributed by atoms with Gasteiger partial charge in [0.2, 0.25) is 5.91 Å². The van der Waals surface area contributed by atoms with Crippen LogP contribution in [-0.2, 0) is 22.4 Å². The lowest BCUT2D eigenvalue weighted by atomic mass is 9.96. The number of nitrogens with two attached hydrogens (primary N) is 1. The lowest BCUT2D eigenvalue weighted by Gasteiger charge is -2.34. The van der Waals surface area contributed by atoms with E-state index in [0.717, 1.165) is 36.1 Å². The standard InChI is InChI=1S/C21H23N5O3S/c1-11(2)18-21(28)26(19-14(29-18)7-8-16(23)24-19)10-17(27)25-20-13(9-22)12-5-3-4-6-15(12)30-20/h7-8,11,18H,3-6,10H2,1-2H3,(H2,23,24)(H,25,27).